The third-order valence-corrected chi connectivity index (χ3v) is 5.29. The van der Waals surface area contributed by atoms with Crippen LogP contribution in [0.1, 0.15) is 32.6 Å². The van der Waals surface area contributed by atoms with Gasteiger partial charge in [0.15, 0.2) is 0 Å². The summed E-state index contributed by atoms with van der Waals surface area (Å²) in [6, 6.07) is 0. The Bertz CT molecular complexity index is 439. The molecule has 0 aromatic heterocycles. The number of hydrogen-bond donors (Lipinski definition) is 1. The first-order chi connectivity index (χ1) is 8.43. The minimum atomic E-state index is -0.659. The molecule has 0 bridgehead atoms. The maximum Gasteiger partial charge on any atom is 0.334 e. The zero-order valence-corrected chi connectivity index (χ0v) is 10.8. The Morgan fingerprint density at radius 1 is 1.39 bits per heavy atom. The Morgan fingerprint density at radius 2 is 2.11 bits per heavy atom. The highest BCUT2D eigenvalue weighted by molar-refractivity contribution is 5.90. The van der Waals surface area contributed by atoms with Crippen molar-refractivity contribution in [2.24, 2.45) is 17.8 Å². The summed E-state index contributed by atoms with van der Waals surface area (Å²) in [6.07, 6.45) is 3.08. The molecule has 2 saturated carbocycles. The van der Waals surface area contributed by atoms with E-state index in [0.717, 1.165) is 31.3 Å². The fourth-order valence-electron chi connectivity index (χ4n) is 4.01. The fraction of sp³-hybridized carbons (Fsp3) is 0.667. The molecule has 3 heteroatoms. The first kappa shape index (κ1) is 12.0. The molecule has 0 radical (unpaired) electrons. The topological polar surface area (TPSA) is 46.5 Å². The predicted molar refractivity (Wildman–Crippen MR) is 67.7 cm³/mol. The van der Waals surface area contributed by atoms with Gasteiger partial charge in [0.2, 0.25) is 0 Å². The van der Waals surface area contributed by atoms with E-state index in [-0.39, 0.29) is 29.8 Å². The quantitative estimate of drug-likeness (QED) is 0.406. The van der Waals surface area contributed by atoms with E-state index in [2.05, 4.69) is 20.1 Å². The van der Waals surface area contributed by atoms with Crippen LogP contribution in [-0.2, 0) is 9.53 Å². The fourth-order valence-corrected chi connectivity index (χ4v) is 4.01. The van der Waals surface area contributed by atoms with E-state index >= 15 is 0 Å². The Kier molecular flexibility index (Phi) is 2.46. The second-order valence-corrected chi connectivity index (χ2v) is 6.15. The highest BCUT2D eigenvalue weighted by Gasteiger charge is 2.54. The van der Waals surface area contributed by atoms with Crippen LogP contribution >= 0.6 is 0 Å². The molecule has 3 aliphatic rings. The molecule has 1 heterocycles. The zero-order chi connectivity index (χ0) is 13.1. The second-order valence-electron chi connectivity index (χ2n) is 6.15. The number of hydrogen-bond acceptors (Lipinski definition) is 3. The van der Waals surface area contributed by atoms with Crippen molar-refractivity contribution >= 4 is 5.97 Å². The SMILES string of the molecule is C=C1C(=O)O[C@H]2C[C@H](C)[C@]3(O)CCC(=C)[C@@H]3C[C@H]12. The minimum absolute atomic E-state index is 0.0637. The van der Waals surface area contributed by atoms with Crippen LogP contribution in [0.25, 0.3) is 0 Å². The van der Waals surface area contributed by atoms with Crippen molar-refractivity contribution < 1.29 is 14.6 Å². The lowest BCUT2D eigenvalue weighted by Gasteiger charge is -2.34. The van der Waals surface area contributed by atoms with Crippen molar-refractivity contribution in [1.82, 2.24) is 0 Å². The first-order valence-corrected chi connectivity index (χ1v) is 6.73. The van der Waals surface area contributed by atoms with Gasteiger partial charge in [0.25, 0.3) is 0 Å². The maximum absolute atomic E-state index is 11.6. The molecule has 1 N–H and O–H groups in total. The van der Waals surface area contributed by atoms with E-state index < -0.39 is 5.60 Å². The Hall–Kier alpha value is -1.09. The van der Waals surface area contributed by atoms with E-state index in [1.165, 1.54) is 0 Å². The summed E-state index contributed by atoms with van der Waals surface area (Å²) in [5, 5.41) is 10.9. The summed E-state index contributed by atoms with van der Waals surface area (Å²) >= 11 is 0. The van der Waals surface area contributed by atoms with Gasteiger partial charge in [-0.25, -0.2) is 4.79 Å². The third-order valence-electron chi connectivity index (χ3n) is 5.29. The molecule has 3 fully saturated rings. The van der Waals surface area contributed by atoms with Crippen LogP contribution in [0.15, 0.2) is 24.3 Å². The van der Waals surface area contributed by atoms with Crippen LogP contribution in [0.4, 0.5) is 0 Å². The largest absolute Gasteiger partial charge is 0.458 e. The molecular formula is C15H20O3. The summed E-state index contributed by atoms with van der Waals surface area (Å²) in [5.74, 6) is 0.0317. The molecule has 0 aromatic carbocycles. The van der Waals surface area contributed by atoms with Gasteiger partial charge in [-0.3, -0.25) is 0 Å². The van der Waals surface area contributed by atoms with Gasteiger partial charge >= 0.3 is 5.97 Å². The van der Waals surface area contributed by atoms with Crippen molar-refractivity contribution in [3.05, 3.63) is 24.3 Å². The molecule has 3 rings (SSSR count). The van der Waals surface area contributed by atoms with Gasteiger partial charge in [-0.1, -0.05) is 25.7 Å². The highest BCUT2D eigenvalue weighted by atomic mass is 16.6. The van der Waals surface area contributed by atoms with E-state index in [4.69, 9.17) is 4.74 Å². The second kappa shape index (κ2) is 3.70. The summed E-state index contributed by atoms with van der Waals surface area (Å²) in [4.78, 5) is 11.6. The normalized spacial score (nSPS) is 47.6. The zero-order valence-electron chi connectivity index (χ0n) is 10.8. The van der Waals surface area contributed by atoms with Crippen LogP contribution in [0.3, 0.4) is 0 Å². The summed E-state index contributed by atoms with van der Waals surface area (Å²) in [6.45, 7) is 10.0. The number of ether oxygens (including phenoxy) is 1. The molecule has 2 aliphatic carbocycles. The van der Waals surface area contributed by atoms with Gasteiger partial charge in [-0.15, -0.1) is 0 Å². The molecule has 3 nitrogen and oxygen atoms in total. The average Bonchev–Trinajstić information content (AvgIpc) is 2.71. The molecule has 18 heavy (non-hydrogen) atoms. The van der Waals surface area contributed by atoms with E-state index in [0.29, 0.717) is 5.57 Å². The monoisotopic (exact) mass is 248 g/mol. The van der Waals surface area contributed by atoms with Crippen molar-refractivity contribution in [2.45, 2.75) is 44.3 Å². The van der Waals surface area contributed by atoms with Gasteiger partial charge in [-0.2, -0.15) is 0 Å². The van der Waals surface area contributed by atoms with Crippen LogP contribution in [-0.4, -0.2) is 22.8 Å². The van der Waals surface area contributed by atoms with Gasteiger partial charge in [0.05, 0.1) is 5.60 Å². The number of fused-ring (bicyclic) bond motifs is 2. The molecule has 0 unspecified atom stereocenters. The van der Waals surface area contributed by atoms with E-state index in [9.17, 15) is 9.90 Å². The van der Waals surface area contributed by atoms with E-state index in [1.807, 2.05) is 0 Å². The van der Waals surface area contributed by atoms with Crippen molar-refractivity contribution in [3.63, 3.8) is 0 Å². The van der Waals surface area contributed by atoms with E-state index in [1.54, 1.807) is 0 Å². The Balaban J connectivity index is 1.97. The third kappa shape index (κ3) is 1.43. The van der Waals surface area contributed by atoms with Crippen molar-refractivity contribution in [2.75, 3.05) is 0 Å². The first-order valence-electron chi connectivity index (χ1n) is 6.73. The molecule has 1 saturated heterocycles. The van der Waals surface area contributed by atoms with Crippen LogP contribution in [0, 0.1) is 17.8 Å². The van der Waals surface area contributed by atoms with Crippen LogP contribution in [0.5, 0.6) is 0 Å². The number of carbonyl (C=O) groups is 1. The van der Waals surface area contributed by atoms with Crippen molar-refractivity contribution in [1.29, 1.82) is 0 Å². The lowest BCUT2D eigenvalue weighted by molar-refractivity contribution is -0.140. The molecule has 0 amide bonds. The van der Waals surface area contributed by atoms with Gasteiger partial charge < -0.3 is 9.84 Å². The average molecular weight is 248 g/mol. The molecule has 98 valence electrons. The summed E-state index contributed by atoms with van der Waals surface area (Å²) < 4.78 is 5.39. The molecule has 1 aliphatic heterocycles. The lowest BCUT2D eigenvalue weighted by Crippen LogP contribution is -2.40. The van der Waals surface area contributed by atoms with Gasteiger partial charge in [0.1, 0.15) is 6.10 Å². The predicted octanol–water partition coefficient (Wildman–Crippen LogP) is 2.21. The Morgan fingerprint density at radius 3 is 2.83 bits per heavy atom. The van der Waals surface area contributed by atoms with Crippen LogP contribution < -0.4 is 0 Å². The Labute approximate surface area is 108 Å². The summed E-state index contributed by atoms with van der Waals surface area (Å²) in [7, 11) is 0. The minimum Gasteiger partial charge on any atom is -0.458 e. The number of carbonyl (C=O) groups excluding carboxylic acids is 1. The molecule has 0 spiro atoms. The standard InChI is InChI=1S/C15H20O3/c1-8-4-5-15(17)9(2)6-13-11(7-12(8)15)10(3)14(16)18-13/h9,11-13,17H,1,3-7H2,2H3/t9-,11+,12-,13-,15+/m0/s1. The van der Waals surface area contributed by atoms with Gasteiger partial charge in [-0.05, 0) is 31.6 Å². The smallest absolute Gasteiger partial charge is 0.334 e. The lowest BCUT2D eigenvalue weighted by atomic mass is 9.77. The van der Waals surface area contributed by atoms with Gasteiger partial charge in [0, 0.05) is 17.4 Å². The summed E-state index contributed by atoms with van der Waals surface area (Å²) in [5.41, 5.74) is 1.04. The molecular weight excluding hydrogens is 228 g/mol. The molecule has 0 aromatic rings. The van der Waals surface area contributed by atoms with Crippen LogP contribution in [0.2, 0.25) is 0 Å². The van der Waals surface area contributed by atoms with Crippen molar-refractivity contribution in [3.8, 4) is 0 Å². The molecule has 5 atom stereocenters. The maximum atomic E-state index is 11.6. The highest BCUT2D eigenvalue weighted by Crippen LogP contribution is 2.53. The number of esters is 1. The number of rotatable bonds is 0. The number of aliphatic hydroxyl groups is 1.